The maximum absolute atomic E-state index is 9.15. The molecule has 5 unspecified atom stereocenters. The fourth-order valence-electron chi connectivity index (χ4n) is 2.95. The van der Waals surface area contributed by atoms with Crippen molar-refractivity contribution in [1.29, 1.82) is 0 Å². The number of ether oxygens (including phenoxy) is 1. The number of fused-ring (bicyclic) bond motifs is 1. The zero-order valence-corrected chi connectivity index (χ0v) is 11.4. The monoisotopic (exact) mass is 284 g/mol. The summed E-state index contributed by atoms with van der Waals surface area (Å²) in [4.78, 5) is 4.55. The first-order valence-corrected chi connectivity index (χ1v) is 7.60. The van der Waals surface area contributed by atoms with Crippen molar-refractivity contribution in [3.05, 3.63) is 11.8 Å². The summed E-state index contributed by atoms with van der Waals surface area (Å²) in [5.41, 5.74) is 12.8. The Bertz CT molecular complexity index is 403. The summed E-state index contributed by atoms with van der Waals surface area (Å²) in [5, 5.41) is 12.3. The van der Waals surface area contributed by atoms with Gasteiger partial charge in [-0.1, -0.05) is 6.08 Å². The molecule has 0 amide bonds. The number of nitrogens with one attached hydrogen (secondary N) is 1. The molecule has 1 saturated heterocycles. The van der Waals surface area contributed by atoms with Crippen LogP contribution in [-0.4, -0.2) is 54.0 Å². The zero-order chi connectivity index (χ0) is 13.4. The van der Waals surface area contributed by atoms with E-state index < -0.39 is 0 Å². The molecule has 6 atom stereocenters. The Morgan fingerprint density at radius 1 is 1.53 bits per heavy atom. The molecule has 0 spiro atoms. The highest BCUT2D eigenvalue weighted by Crippen LogP contribution is 2.37. The number of hydrogen-bond acceptors (Lipinski definition) is 7. The molecule has 0 aromatic heterocycles. The predicted molar refractivity (Wildman–Crippen MR) is 75.7 cm³/mol. The molecule has 0 aromatic rings. The van der Waals surface area contributed by atoms with Crippen molar-refractivity contribution in [3.8, 4) is 0 Å². The van der Waals surface area contributed by atoms with Gasteiger partial charge in [-0.3, -0.25) is 10.3 Å². The van der Waals surface area contributed by atoms with Gasteiger partial charge in [0.25, 0.3) is 0 Å². The predicted octanol–water partition coefficient (Wildman–Crippen LogP) is -1.15. The van der Waals surface area contributed by atoms with E-state index >= 15 is 0 Å². The molecule has 0 radical (unpaired) electrons. The Labute approximate surface area is 116 Å². The first-order valence-electron chi connectivity index (χ1n) is 6.55. The standard InChI is InChI=1S/C12H20N4O2S/c13-6-1-7-8(9-5-19-10(4-17)18-9)3-15-11(7)12(14)16-2-6/h1,3,7-12,16-17H,2,4-5,13-14H2/t7?,8-,9?,10?,11?,12?/m1/s1. The summed E-state index contributed by atoms with van der Waals surface area (Å²) in [6.07, 6.45) is 3.93. The SMILES string of the molecule is NC1=CC2C(N=C[C@H]2C2CSC(CO)O2)C(N)NC1. The van der Waals surface area contributed by atoms with Crippen LogP contribution in [0.2, 0.25) is 0 Å². The number of aliphatic hydroxyl groups is 1. The highest BCUT2D eigenvalue weighted by atomic mass is 32.2. The summed E-state index contributed by atoms with van der Waals surface area (Å²) >= 11 is 1.65. The molecule has 0 aromatic carbocycles. The minimum absolute atomic E-state index is 0.0211. The van der Waals surface area contributed by atoms with Crippen LogP contribution in [0.15, 0.2) is 16.8 Å². The van der Waals surface area contributed by atoms with Gasteiger partial charge in [0, 0.05) is 36.0 Å². The van der Waals surface area contributed by atoms with Gasteiger partial charge in [0.05, 0.1) is 24.9 Å². The van der Waals surface area contributed by atoms with Crippen LogP contribution in [0.3, 0.4) is 0 Å². The maximum Gasteiger partial charge on any atom is 0.126 e. The zero-order valence-electron chi connectivity index (χ0n) is 10.6. The van der Waals surface area contributed by atoms with Crippen molar-refractivity contribution in [2.24, 2.45) is 28.3 Å². The lowest BCUT2D eigenvalue weighted by Crippen LogP contribution is -2.48. The number of rotatable bonds is 2. The fraction of sp³-hybridized carbons (Fsp3) is 0.750. The summed E-state index contributed by atoms with van der Waals surface area (Å²) in [6.45, 7) is 0.661. The normalized spacial score (nSPS) is 45.9. The smallest absolute Gasteiger partial charge is 0.126 e. The highest BCUT2D eigenvalue weighted by molar-refractivity contribution is 8.00. The number of nitrogens with two attached hydrogens (primary N) is 2. The Morgan fingerprint density at radius 2 is 2.37 bits per heavy atom. The summed E-state index contributed by atoms with van der Waals surface area (Å²) < 4.78 is 5.85. The Morgan fingerprint density at radius 3 is 3.11 bits per heavy atom. The van der Waals surface area contributed by atoms with Gasteiger partial charge in [-0.15, -0.1) is 11.8 Å². The van der Waals surface area contributed by atoms with Gasteiger partial charge >= 0.3 is 0 Å². The lowest BCUT2D eigenvalue weighted by atomic mass is 9.85. The van der Waals surface area contributed by atoms with E-state index in [1.165, 1.54) is 0 Å². The Kier molecular flexibility index (Phi) is 3.81. The molecular formula is C12H20N4O2S. The number of hydrogen-bond donors (Lipinski definition) is 4. The van der Waals surface area contributed by atoms with Crippen LogP contribution < -0.4 is 16.8 Å². The minimum Gasteiger partial charge on any atom is -0.401 e. The van der Waals surface area contributed by atoms with E-state index in [1.54, 1.807) is 11.8 Å². The lowest BCUT2D eigenvalue weighted by Gasteiger charge is -2.26. The third kappa shape index (κ3) is 2.53. The van der Waals surface area contributed by atoms with E-state index in [2.05, 4.69) is 16.4 Å². The van der Waals surface area contributed by atoms with Gasteiger partial charge < -0.3 is 21.3 Å². The maximum atomic E-state index is 9.15. The molecule has 3 aliphatic rings. The minimum atomic E-state index is -0.175. The van der Waals surface area contributed by atoms with Crippen LogP contribution in [-0.2, 0) is 4.74 Å². The molecule has 0 bridgehead atoms. The quantitative estimate of drug-likeness (QED) is 0.510. The van der Waals surface area contributed by atoms with Crippen LogP contribution in [0.4, 0.5) is 0 Å². The summed E-state index contributed by atoms with van der Waals surface area (Å²) in [7, 11) is 0. The third-order valence-corrected chi connectivity index (χ3v) is 5.09. The van der Waals surface area contributed by atoms with Crippen molar-refractivity contribution < 1.29 is 9.84 Å². The van der Waals surface area contributed by atoms with Crippen molar-refractivity contribution >= 4 is 18.0 Å². The highest BCUT2D eigenvalue weighted by Gasteiger charge is 2.43. The van der Waals surface area contributed by atoms with Crippen LogP contribution in [0, 0.1) is 11.8 Å². The molecule has 0 saturated carbocycles. The number of nitrogens with zero attached hydrogens (tertiary/aromatic N) is 1. The van der Waals surface area contributed by atoms with Crippen molar-refractivity contribution in [2.45, 2.75) is 23.7 Å². The lowest BCUT2D eigenvalue weighted by molar-refractivity contribution is 0.0118. The third-order valence-electron chi connectivity index (χ3n) is 3.94. The Balaban J connectivity index is 1.76. The number of aliphatic hydroxyl groups excluding tert-OH is 1. The summed E-state index contributed by atoms with van der Waals surface area (Å²) in [6, 6.07) is 0.0211. The van der Waals surface area contributed by atoms with E-state index in [4.69, 9.17) is 21.3 Å². The summed E-state index contributed by atoms with van der Waals surface area (Å²) in [5.74, 6) is 1.26. The van der Waals surface area contributed by atoms with Gasteiger partial charge in [0.1, 0.15) is 5.44 Å². The topological polar surface area (TPSA) is 106 Å². The second kappa shape index (κ2) is 5.41. The van der Waals surface area contributed by atoms with Crippen LogP contribution in [0.1, 0.15) is 0 Å². The second-order valence-corrected chi connectivity index (χ2v) is 6.40. The molecule has 3 heterocycles. The van der Waals surface area contributed by atoms with Gasteiger partial charge in [-0.05, 0) is 0 Å². The van der Waals surface area contributed by atoms with E-state index in [0.717, 1.165) is 11.4 Å². The van der Waals surface area contributed by atoms with Crippen molar-refractivity contribution in [1.82, 2.24) is 5.32 Å². The largest absolute Gasteiger partial charge is 0.401 e. The molecular weight excluding hydrogens is 264 g/mol. The van der Waals surface area contributed by atoms with E-state index in [-0.39, 0.29) is 42.2 Å². The van der Waals surface area contributed by atoms with Crippen LogP contribution in [0.25, 0.3) is 0 Å². The molecule has 0 aliphatic carbocycles. The number of thioether (sulfide) groups is 1. The first kappa shape index (κ1) is 13.4. The van der Waals surface area contributed by atoms with E-state index in [0.29, 0.717) is 6.54 Å². The van der Waals surface area contributed by atoms with Gasteiger partial charge in [0.15, 0.2) is 0 Å². The van der Waals surface area contributed by atoms with E-state index in [1.807, 2.05) is 6.21 Å². The molecule has 3 aliphatic heterocycles. The van der Waals surface area contributed by atoms with Gasteiger partial charge in [-0.2, -0.15) is 0 Å². The van der Waals surface area contributed by atoms with E-state index in [9.17, 15) is 0 Å². The number of aliphatic imine (C=N–C) groups is 1. The molecule has 6 N–H and O–H groups in total. The van der Waals surface area contributed by atoms with Gasteiger partial charge in [-0.25, -0.2) is 0 Å². The second-order valence-electron chi connectivity index (χ2n) is 5.21. The Hall–Kier alpha value is -0.600. The molecule has 19 heavy (non-hydrogen) atoms. The van der Waals surface area contributed by atoms with Crippen molar-refractivity contribution in [2.75, 3.05) is 18.9 Å². The van der Waals surface area contributed by atoms with Crippen LogP contribution >= 0.6 is 11.8 Å². The van der Waals surface area contributed by atoms with Crippen LogP contribution in [0.5, 0.6) is 0 Å². The fourth-order valence-corrected chi connectivity index (χ4v) is 3.98. The molecule has 6 nitrogen and oxygen atoms in total. The van der Waals surface area contributed by atoms with Gasteiger partial charge in [0.2, 0.25) is 0 Å². The molecule has 1 fully saturated rings. The first-order chi connectivity index (χ1) is 9.19. The molecule has 106 valence electrons. The van der Waals surface area contributed by atoms with Crippen molar-refractivity contribution in [3.63, 3.8) is 0 Å². The molecule has 7 heteroatoms. The average Bonchev–Trinajstić information content (AvgIpc) is 2.99. The average molecular weight is 284 g/mol. The molecule has 3 rings (SSSR count).